The van der Waals surface area contributed by atoms with Crippen LogP contribution in [0.3, 0.4) is 0 Å². The highest BCUT2D eigenvalue weighted by Crippen LogP contribution is 2.37. The van der Waals surface area contributed by atoms with E-state index < -0.39 is 10.3 Å². The number of aromatic nitrogens is 1. The fourth-order valence-corrected chi connectivity index (χ4v) is 3.38. The molecule has 2 aromatic rings. The second kappa shape index (κ2) is 9.47. The number of rotatable bonds is 8. The van der Waals surface area contributed by atoms with Gasteiger partial charge in [-0.2, -0.15) is 0 Å². The second-order valence-corrected chi connectivity index (χ2v) is 7.04. The highest BCUT2D eigenvalue weighted by Gasteiger charge is 2.42. The summed E-state index contributed by atoms with van der Waals surface area (Å²) in [4.78, 5) is 28.0. The van der Waals surface area contributed by atoms with Gasteiger partial charge in [0.2, 0.25) is 11.8 Å². The minimum absolute atomic E-state index is 0.000714. The zero-order valence-electron chi connectivity index (χ0n) is 16.4. The average molecular weight is 399 g/mol. The Morgan fingerprint density at radius 1 is 1.24 bits per heavy atom. The summed E-state index contributed by atoms with van der Waals surface area (Å²) in [6, 6.07) is 9.67. The first-order valence-corrected chi connectivity index (χ1v) is 9.78. The van der Waals surface area contributed by atoms with Crippen molar-refractivity contribution in [3.8, 4) is 5.88 Å². The minimum Gasteiger partial charge on any atom is -0.478 e. The van der Waals surface area contributed by atoms with Crippen LogP contribution in [-0.2, 0) is 14.9 Å². The van der Waals surface area contributed by atoms with Crippen LogP contribution in [0, 0.1) is 10.1 Å². The average Bonchev–Trinajstić information content (AvgIpc) is 2.75. The summed E-state index contributed by atoms with van der Waals surface area (Å²) in [6.07, 6.45) is 4.58. The Labute approximate surface area is 169 Å². The normalized spacial score (nSPS) is 15.5. The van der Waals surface area contributed by atoms with Crippen LogP contribution in [0.5, 0.6) is 5.88 Å². The maximum atomic E-state index is 13.2. The maximum Gasteiger partial charge on any atom is 0.269 e. The molecule has 1 aliphatic heterocycles. The van der Waals surface area contributed by atoms with Crippen LogP contribution in [0.15, 0.2) is 42.6 Å². The third-order valence-electron chi connectivity index (χ3n) is 5.15. The number of carbonyl (C=O) groups is 1. The Hall–Kier alpha value is -3.00. The van der Waals surface area contributed by atoms with E-state index in [1.807, 2.05) is 0 Å². The molecule has 1 fully saturated rings. The lowest BCUT2D eigenvalue weighted by Crippen LogP contribution is -2.44. The first kappa shape index (κ1) is 20.7. The Morgan fingerprint density at radius 3 is 2.55 bits per heavy atom. The molecule has 1 aromatic heterocycles. The summed E-state index contributed by atoms with van der Waals surface area (Å²) < 4.78 is 11.0. The molecular formula is C21H25N3O5. The second-order valence-electron chi connectivity index (χ2n) is 7.04. The molecule has 8 nitrogen and oxygen atoms in total. The van der Waals surface area contributed by atoms with Gasteiger partial charge in [0.1, 0.15) is 0 Å². The summed E-state index contributed by atoms with van der Waals surface area (Å²) in [5.41, 5.74) is 0.519. The molecule has 2 heterocycles. The number of ether oxygens (including phenoxy) is 2. The van der Waals surface area contributed by atoms with E-state index in [2.05, 4.69) is 17.2 Å². The van der Waals surface area contributed by atoms with Gasteiger partial charge in [0.15, 0.2) is 0 Å². The van der Waals surface area contributed by atoms with E-state index in [1.165, 1.54) is 12.1 Å². The largest absolute Gasteiger partial charge is 0.478 e. The fraction of sp³-hybridized carbons (Fsp3) is 0.429. The van der Waals surface area contributed by atoms with Gasteiger partial charge in [-0.1, -0.05) is 25.5 Å². The number of non-ortho nitro benzene ring substituents is 1. The van der Waals surface area contributed by atoms with Crippen LogP contribution in [-0.4, -0.2) is 35.6 Å². The molecule has 1 saturated heterocycles. The van der Waals surface area contributed by atoms with E-state index in [1.54, 1.807) is 30.5 Å². The molecule has 0 saturated carbocycles. The standard InChI is InChI=1S/C21H25N3O5/c1-2-3-12-29-19-9-6-17(15-22-19)23-20(25)21(10-13-28-14-11-21)16-4-7-18(8-5-16)24(26)27/h4-9,15H,2-3,10-14H2,1H3,(H,23,25). The summed E-state index contributed by atoms with van der Waals surface area (Å²) in [5.74, 6) is 0.351. The molecule has 1 aliphatic rings. The topological polar surface area (TPSA) is 104 Å². The highest BCUT2D eigenvalue weighted by molar-refractivity contribution is 5.99. The summed E-state index contributed by atoms with van der Waals surface area (Å²) in [6.45, 7) is 3.60. The molecule has 0 radical (unpaired) electrons. The van der Waals surface area contributed by atoms with Crippen molar-refractivity contribution >= 4 is 17.3 Å². The van der Waals surface area contributed by atoms with Crippen LogP contribution in [0.2, 0.25) is 0 Å². The summed E-state index contributed by atoms with van der Waals surface area (Å²) >= 11 is 0. The lowest BCUT2D eigenvalue weighted by molar-refractivity contribution is -0.384. The quantitative estimate of drug-likeness (QED) is 0.411. The number of hydrogen-bond donors (Lipinski definition) is 1. The predicted octanol–water partition coefficient (Wildman–Crippen LogP) is 3.86. The first-order chi connectivity index (χ1) is 14.0. The molecule has 3 rings (SSSR count). The van der Waals surface area contributed by atoms with Gasteiger partial charge in [0.05, 0.1) is 28.8 Å². The van der Waals surface area contributed by atoms with Crippen molar-refractivity contribution in [2.75, 3.05) is 25.1 Å². The van der Waals surface area contributed by atoms with Crippen LogP contribution in [0.25, 0.3) is 0 Å². The Bertz CT molecular complexity index is 830. The van der Waals surface area contributed by atoms with Crippen molar-refractivity contribution in [2.45, 2.75) is 38.0 Å². The number of anilines is 1. The molecule has 8 heteroatoms. The number of amides is 1. The highest BCUT2D eigenvalue weighted by atomic mass is 16.6. The van der Waals surface area contributed by atoms with E-state index in [9.17, 15) is 14.9 Å². The van der Waals surface area contributed by atoms with E-state index in [0.717, 1.165) is 18.4 Å². The van der Waals surface area contributed by atoms with Gasteiger partial charge >= 0.3 is 0 Å². The Kier molecular flexibility index (Phi) is 6.77. The SMILES string of the molecule is CCCCOc1ccc(NC(=O)C2(c3ccc([N+](=O)[O-])cc3)CCOCC2)cn1. The molecule has 154 valence electrons. The molecule has 0 bridgehead atoms. The zero-order chi connectivity index (χ0) is 20.7. The Balaban J connectivity index is 1.76. The Morgan fingerprint density at radius 2 is 1.97 bits per heavy atom. The van der Waals surface area contributed by atoms with Crippen LogP contribution in [0.4, 0.5) is 11.4 Å². The summed E-state index contributed by atoms with van der Waals surface area (Å²) in [7, 11) is 0. The van der Waals surface area contributed by atoms with Crippen molar-refractivity contribution in [1.82, 2.24) is 4.98 Å². The molecule has 29 heavy (non-hydrogen) atoms. The van der Waals surface area contributed by atoms with Crippen LogP contribution >= 0.6 is 0 Å². The number of benzene rings is 1. The minimum atomic E-state index is -0.802. The molecule has 0 aliphatic carbocycles. The third-order valence-corrected chi connectivity index (χ3v) is 5.15. The van der Waals surface area contributed by atoms with Gasteiger partial charge in [-0.05, 0) is 30.9 Å². The number of unbranched alkanes of at least 4 members (excludes halogenated alkanes) is 1. The van der Waals surface area contributed by atoms with Gasteiger partial charge in [-0.3, -0.25) is 14.9 Å². The molecule has 0 unspecified atom stereocenters. The van der Waals surface area contributed by atoms with E-state index in [4.69, 9.17) is 9.47 Å². The molecule has 1 amide bonds. The first-order valence-electron chi connectivity index (χ1n) is 9.78. The monoisotopic (exact) mass is 399 g/mol. The molecule has 1 N–H and O–H groups in total. The molecule has 0 spiro atoms. The number of hydrogen-bond acceptors (Lipinski definition) is 6. The smallest absolute Gasteiger partial charge is 0.269 e. The van der Waals surface area contributed by atoms with Crippen LogP contribution in [0.1, 0.15) is 38.2 Å². The van der Waals surface area contributed by atoms with Gasteiger partial charge < -0.3 is 14.8 Å². The van der Waals surface area contributed by atoms with Crippen molar-refractivity contribution in [3.63, 3.8) is 0 Å². The van der Waals surface area contributed by atoms with Gasteiger partial charge in [-0.15, -0.1) is 0 Å². The molecular weight excluding hydrogens is 374 g/mol. The van der Waals surface area contributed by atoms with E-state index in [0.29, 0.717) is 44.2 Å². The van der Waals surface area contributed by atoms with Gasteiger partial charge in [0.25, 0.3) is 5.69 Å². The summed E-state index contributed by atoms with van der Waals surface area (Å²) in [5, 5.41) is 13.9. The lowest BCUT2D eigenvalue weighted by atomic mass is 9.73. The van der Waals surface area contributed by atoms with Gasteiger partial charge in [-0.25, -0.2) is 4.98 Å². The number of nitrogens with one attached hydrogen (secondary N) is 1. The predicted molar refractivity (Wildman–Crippen MR) is 108 cm³/mol. The number of nitro benzene ring substituents is 1. The number of carbonyl (C=O) groups excluding carboxylic acids is 1. The number of pyridine rings is 1. The lowest BCUT2D eigenvalue weighted by Gasteiger charge is -2.36. The molecule has 1 aromatic carbocycles. The van der Waals surface area contributed by atoms with Crippen LogP contribution < -0.4 is 10.1 Å². The van der Waals surface area contributed by atoms with E-state index in [-0.39, 0.29) is 11.6 Å². The number of nitro groups is 1. The maximum absolute atomic E-state index is 13.2. The zero-order valence-corrected chi connectivity index (χ0v) is 16.4. The van der Waals surface area contributed by atoms with Crippen molar-refractivity contribution in [1.29, 1.82) is 0 Å². The third kappa shape index (κ3) is 4.89. The van der Waals surface area contributed by atoms with Crippen molar-refractivity contribution in [2.24, 2.45) is 0 Å². The van der Waals surface area contributed by atoms with Crippen molar-refractivity contribution < 1.29 is 19.2 Å². The van der Waals surface area contributed by atoms with Gasteiger partial charge in [0, 0.05) is 31.4 Å². The molecule has 0 atom stereocenters. The van der Waals surface area contributed by atoms with Crippen molar-refractivity contribution in [3.05, 3.63) is 58.3 Å². The fourth-order valence-electron chi connectivity index (χ4n) is 3.38. The van der Waals surface area contributed by atoms with E-state index >= 15 is 0 Å². The number of nitrogens with zero attached hydrogens (tertiary/aromatic N) is 2.